The lowest BCUT2D eigenvalue weighted by Crippen LogP contribution is -2.62. The van der Waals surface area contributed by atoms with Crippen molar-refractivity contribution in [3.8, 4) is 0 Å². The number of hydrogen-bond acceptors (Lipinski definition) is 5. The molecule has 0 saturated carbocycles. The van der Waals surface area contributed by atoms with E-state index in [1.54, 1.807) is 4.90 Å². The Hall–Kier alpha value is -2.67. The monoisotopic (exact) mass is 383 g/mol. The molecule has 2 aliphatic heterocycles. The molecule has 148 valence electrons. The molecule has 2 aliphatic rings. The summed E-state index contributed by atoms with van der Waals surface area (Å²) in [4.78, 5) is 29.0. The molecule has 7 heteroatoms. The van der Waals surface area contributed by atoms with Gasteiger partial charge in [-0.2, -0.15) is 0 Å². The summed E-state index contributed by atoms with van der Waals surface area (Å²) in [7, 11) is 0. The fraction of sp³-hybridized carbons (Fsp3) is 0.476. The van der Waals surface area contributed by atoms with Gasteiger partial charge in [0.2, 0.25) is 5.91 Å². The molecule has 1 spiro atoms. The molecule has 0 radical (unpaired) electrons. The summed E-state index contributed by atoms with van der Waals surface area (Å²) in [6.45, 7) is 5.38. The fourth-order valence-electron chi connectivity index (χ4n) is 4.13. The Kier molecular flexibility index (Phi) is 4.93. The van der Waals surface area contributed by atoms with E-state index in [1.165, 1.54) is 0 Å². The zero-order chi connectivity index (χ0) is 19.7. The van der Waals surface area contributed by atoms with Crippen molar-refractivity contribution in [2.24, 2.45) is 0 Å². The number of anilines is 1. The maximum Gasteiger partial charge on any atom is 0.253 e. The Morgan fingerprint density at radius 1 is 1.21 bits per heavy atom. The van der Waals surface area contributed by atoms with Crippen LogP contribution in [0.25, 0.3) is 0 Å². The molecule has 0 aliphatic carbocycles. The van der Waals surface area contributed by atoms with Crippen molar-refractivity contribution in [2.45, 2.75) is 38.7 Å². The molecule has 2 aromatic rings. The summed E-state index contributed by atoms with van der Waals surface area (Å²) in [5, 5.41) is 3.93. The summed E-state index contributed by atoms with van der Waals surface area (Å²) in [5.74, 6) is 0.684. The number of aromatic nitrogens is 1. The number of likely N-dealkylation sites (tertiary alicyclic amines) is 1. The molecular weight excluding hydrogens is 358 g/mol. The average molecular weight is 383 g/mol. The van der Waals surface area contributed by atoms with E-state index in [9.17, 15) is 9.59 Å². The first-order valence-corrected chi connectivity index (χ1v) is 9.66. The Balaban J connectivity index is 1.49. The third-order valence-corrected chi connectivity index (χ3v) is 5.72. The third-order valence-electron chi connectivity index (χ3n) is 5.72. The normalized spacial score (nSPS) is 22.7. The van der Waals surface area contributed by atoms with Gasteiger partial charge in [0.1, 0.15) is 18.0 Å². The molecule has 2 amide bonds. The van der Waals surface area contributed by atoms with Crippen LogP contribution in [0.4, 0.5) is 5.69 Å². The van der Waals surface area contributed by atoms with Crippen molar-refractivity contribution in [2.75, 3.05) is 31.1 Å². The summed E-state index contributed by atoms with van der Waals surface area (Å²) < 4.78 is 11.2. The predicted octanol–water partition coefficient (Wildman–Crippen LogP) is 2.26. The van der Waals surface area contributed by atoms with Gasteiger partial charge < -0.3 is 19.1 Å². The number of amides is 2. The Morgan fingerprint density at radius 2 is 2.00 bits per heavy atom. The number of rotatable bonds is 3. The number of hydrogen-bond donors (Lipinski definition) is 0. The maximum absolute atomic E-state index is 12.9. The van der Waals surface area contributed by atoms with Crippen LogP contribution >= 0.6 is 0 Å². The quantitative estimate of drug-likeness (QED) is 0.813. The van der Waals surface area contributed by atoms with Crippen molar-refractivity contribution in [1.29, 1.82) is 0 Å². The van der Waals surface area contributed by atoms with Gasteiger partial charge in [-0.05, 0) is 38.8 Å². The minimum absolute atomic E-state index is 0.0419. The van der Waals surface area contributed by atoms with Crippen LogP contribution in [-0.4, -0.2) is 53.7 Å². The molecule has 7 nitrogen and oxygen atoms in total. The Morgan fingerprint density at radius 3 is 2.71 bits per heavy atom. The van der Waals surface area contributed by atoms with Crippen molar-refractivity contribution in [3.05, 3.63) is 47.3 Å². The van der Waals surface area contributed by atoms with E-state index in [-0.39, 0.29) is 24.8 Å². The van der Waals surface area contributed by atoms with Crippen LogP contribution in [0.15, 0.2) is 34.9 Å². The zero-order valence-electron chi connectivity index (χ0n) is 16.3. The van der Waals surface area contributed by atoms with Crippen LogP contribution in [0.1, 0.15) is 29.9 Å². The number of morpholine rings is 1. The van der Waals surface area contributed by atoms with Crippen molar-refractivity contribution in [3.63, 3.8) is 0 Å². The average Bonchev–Trinajstić information content (AvgIpc) is 3.03. The summed E-state index contributed by atoms with van der Waals surface area (Å²) >= 11 is 0. The van der Waals surface area contributed by atoms with Gasteiger partial charge in [-0.1, -0.05) is 23.4 Å². The fourth-order valence-corrected chi connectivity index (χ4v) is 4.13. The number of piperidine rings is 1. The predicted molar refractivity (Wildman–Crippen MR) is 103 cm³/mol. The van der Waals surface area contributed by atoms with Gasteiger partial charge in [0, 0.05) is 17.8 Å². The number of ether oxygens (including phenoxy) is 1. The molecule has 1 aromatic heterocycles. The van der Waals surface area contributed by atoms with E-state index in [0.717, 1.165) is 29.8 Å². The number of carbonyl (C=O) groups is 2. The number of carbonyl (C=O) groups excluding carboxylic acids is 2. The highest BCUT2D eigenvalue weighted by Gasteiger charge is 2.44. The second-order valence-corrected chi connectivity index (χ2v) is 7.69. The molecule has 3 heterocycles. The van der Waals surface area contributed by atoms with Gasteiger partial charge >= 0.3 is 0 Å². The minimum atomic E-state index is -0.517. The number of nitrogens with zero attached hydrogens (tertiary/aromatic N) is 3. The lowest BCUT2D eigenvalue weighted by Gasteiger charge is -2.47. The lowest BCUT2D eigenvalue weighted by molar-refractivity contribution is -0.153. The largest absolute Gasteiger partial charge is 0.361 e. The minimum Gasteiger partial charge on any atom is -0.361 e. The second-order valence-electron chi connectivity index (χ2n) is 7.69. The van der Waals surface area contributed by atoms with E-state index in [4.69, 9.17) is 9.26 Å². The van der Waals surface area contributed by atoms with E-state index >= 15 is 0 Å². The second kappa shape index (κ2) is 7.39. The van der Waals surface area contributed by atoms with Gasteiger partial charge in [0.25, 0.3) is 5.91 Å². The van der Waals surface area contributed by atoms with Gasteiger partial charge in [0.15, 0.2) is 0 Å². The molecule has 2 saturated heterocycles. The number of aryl methyl sites for hydroxylation is 2. The molecular formula is C21H25N3O4. The zero-order valence-corrected chi connectivity index (χ0v) is 16.3. The summed E-state index contributed by atoms with van der Waals surface area (Å²) in [5.41, 5.74) is 1.97. The van der Waals surface area contributed by atoms with Crippen LogP contribution in [0.3, 0.4) is 0 Å². The van der Waals surface area contributed by atoms with Gasteiger partial charge in [-0.15, -0.1) is 0 Å². The SMILES string of the molecule is Cc1noc(C)c1CC(=O)N1CCCC2(C1)CN(c1ccccc1)C(=O)CO2. The molecule has 0 bridgehead atoms. The summed E-state index contributed by atoms with van der Waals surface area (Å²) in [6.07, 6.45) is 1.96. The van der Waals surface area contributed by atoms with Crippen LogP contribution < -0.4 is 4.90 Å². The van der Waals surface area contributed by atoms with Crippen LogP contribution in [-0.2, 0) is 20.7 Å². The highest BCUT2D eigenvalue weighted by Crippen LogP contribution is 2.32. The standard InChI is InChI=1S/C21H25N3O4/c1-15-18(16(2)28-22-15)11-19(25)23-10-6-9-21(13-23)14-24(20(26)12-27-21)17-7-4-3-5-8-17/h3-5,7-8H,6,9-14H2,1-2H3. The molecule has 1 atom stereocenters. The number of benzene rings is 1. The topological polar surface area (TPSA) is 75.9 Å². The van der Waals surface area contributed by atoms with Crippen LogP contribution in [0, 0.1) is 13.8 Å². The van der Waals surface area contributed by atoms with E-state index in [0.29, 0.717) is 25.4 Å². The van der Waals surface area contributed by atoms with E-state index < -0.39 is 5.60 Å². The lowest BCUT2D eigenvalue weighted by atomic mass is 9.90. The molecule has 1 aromatic carbocycles. The molecule has 1 unspecified atom stereocenters. The first-order valence-electron chi connectivity index (χ1n) is 9.66. The first-order chi connectivity index (χ1) is 13.5. The van der Waals surface area contributed by atoms with Gasteiger partial charge in [-0.3, -0.25) is 9.59 Å². The molecule has 4 rings (SSSR count). The van der Waals surface area contributed by atoms with Gasteiger partial charge in [-0.25, -0.2) is 0 Å². The number of para-hydroxylation sites is 1. The van der Waals surface area contributed by atoms with Gasteiger partial charge in [0.05, 0.1) is 25.2 Å². The first kappa shape index (κ1) is 18.7. The highest BCUT2D eigenvalue weighted by atomic mass is 16.5. The van der Waals surface area contributed by atoms with Crippen molar-refractivity contribution >= 4 is 17.5 Å². The molecule has 0 N–H and O–H groups in total. The molecule has 28 heavy (non-hydrogen) atoms. The highest BCUT2D eigenvalue weighted by molar-refractivity contribution is 5.95. The summed E-state index contributed by atoms with van der Waals surface area (Å²) in [6, 6.07) is 9.64. The van der Waals surface area contributed by atoms with E-state index in [1.807, 2.05) is 49.1 Å². The van der Waals surface area contributed by atoms with Crippen LogP contribution in [0.5, 0.6) is 0 Å². The Bertz CT molecular complexity index is 860. The van der Waals surface area contributed by atoms with Crippen LogP contribution in [0.2, 0.25) is 0 Å². The smallest absolute Gasteiger partial charge is 0.253 e. The van der Waals surface area contributed by atoms with Crippen molar-refractivity contribution < 1.29 is 18.8 Å². The maximum atomic E-state index is 12.9. The Labute approximate surface area is 164 Å². The van der Waals surface area contributed by atoms with E-state index in [2.05, 4.69) is 5.16 Å². The van der Waals surface area contributed by atoms with Crippen molar-refractivity contribution in [1.82, 2.24) is 10.1 Å². The molecule has 2 fully saturated rings. The third kappa shape index (κ3) is 3.54.